The highest BCUT2D eigenvalue weighted by atomic mass is 16.6. The monoisotopic (exact) mass is 357 g/mol. The van der Waals surface area contributed by atoms with Crippen LogP contribution in [0.25, 0.3) is 10.9 Å². The number of amides is 2. The van der Waals surface area contributed by atoms with E-state index in [2.05, 4.69) is 44.0 Å². The Morgan fingerprint density at radius 1 is 1.08 bits per heavy atom. The molecule has 6 nitrogen and oxygen atoms in total. The minimum Gasteiger partial charge on any atom is -0.450 e. The van der Waals surface area contributed by atoms with Crippen molar-refractivity contribution in [1.29, 1.82) is 0 Å². The average molecular weight is 357 g/mol. The van der Waals surface area contributed by atoms with Crippen molar-refractivity contribution in [2.75, 3.05) is 32.8 Å². The third-order valence-electron chi connectivity index (χ3n) is 4.81. The van der Waals surface area contributed by atoms with Crippen LogP contribution in [-0.4, -0.2) is 59.6 Å². The number of fused-ring (bicyclic) bond motifs is 1. The molecule has 0 atom stereocenters. The molecule has 2 heterocycles. The number of benzene rings is 1. The molecule has 0 aliphatic carbocycles. The van der Waals surface area contributed by atoms with E-state index in [1.165, 1.54) is 5.56 Å². The summed E-state index contributed by atoms with van der Waals surface area (Å²) in [7, 11) is 0. The molecule has 3 rings (SSSR count). The van der Waals surface area contributed by atoms with Gasteiger partial charge in [0.15, 0.2) is 0 Å². The summed E-state index contributed by atoms with van der Waals surface area (Å²) in [5, 5.41) is 1.03. The van der Waals surface area contributed by atoms with Crippen molar-refractivity contribution in [3.8, 4) is 0 Å². The van der Waals surface area contributed by atoms with Crippen LogP contribution < -0.4 is 0 Å². The molecule has 1 saturated heterocycles. The fourth-order valence-corrected chi connectivity index (χ4v) is 3.19. The van der Waals surface area contributed by atoms with E-state index in [0.29, 0.717) is 38.5 Å². The zero-order chi connectivity index (χ0) is 18.9. The van der Waals surface area contributed by atoms with Crippen molar-refractivity contribution in [2.24, 2.45) is 0 Å². The predicted molar refractivity (Wildman–Crippen MR) is 101 cm³/mol. The lowest BCUT2D eigenvalue weighted by Gasteiger charge is -2.33. The number of aromatic amines is 1. The quantitative estimate of drug-likeness (QED) is 0.896. The molecular formula is C20H27N3O3. The molecule has 1 aliphatic heterocycles. The number of rotatable bonds is 2. The van der Waals surface area contributed by atoms with Crippen LogP contribution in [0.1, 0.15) is 43.7 Å². The Balaban J connectivity index is 1.71. The summed E-state index contributed by atoms with van der Waals surface area (Å²) < 4.78 is 5.02. The van der Waals surface area contributed by atoms with E-state index in [0.717, 1.165) is 10.9 Å². The number of piperazine rings is 1. The van der Waals surface area contributed by atoms with Crippen LogP contribution in [0.4, 0.5) is 4.79 Å². The molecule has 2 aromatic rings. The maximum absolute atomic E-state index is 12.8. The molecule has 1 aromatic heterocycles. The van der Waals surface area contributed by atoms with Gasteiger partial charge < -0.3 is 19.5 Å². The Kier molecular flexibility index (Phi) is 4.94. The van der Waals surface area contributed by atoms with E-state index in [1.807, 2.05) is 6.07 Å². The van der Waals surface area contributed by atoms with E-state index in [-0.39, 0.29) is 17.4 Å². The maximum Gasteiger partial charge on any atom is 0.409 e. The van der Waals surface area contributed by atoms with E-state index in [1.54, 1.807) is 16.7 Å². The zero-order valence-electron chi connectivity index (χ0n) is 16.0. The average Bonchev–Trinajstić information content (AvgIpc) is 3.04. The van der Waals surface area contributed by atoms with Crippen molar-refractivity contribution in [2.45, 2.75) is 33.1 Å². The lowest BCUT2D eigenvalue weighted by molar-refractivity contribution is 0.0566. The van der Waals surface area contributed by atoms with Gasteiger partial charge in [0.25, 0.3) is 5.91 Å². The van der Waals surface area contributed by atoms with Crippen molar-refractivity contribution >= 4 is 22.9 Å². The first-order valence-electron chi connectivity index (χ1n) is 9.14. The minimum absolute atomic E-state index is 0.0259. The number of H-pyrrole nitrogens is 1. The summed E-state index contributed by atoms with van der Waals surface area (Å²) in [5.41, 5.74) is 2.86. The fraction of sp³-hybridized carbons (Fsp3) is 0.500. The molecule has 140 valence electrons. The van der Waals surface area contributed by atoms with Crippen molar-refractivity contribution in [3.05, 3.63) is 35.5 Å². The number of aromatic nitrogens is 1. The topological polar surface area (TPSA) is 65.6 Å². The number of nitrogens with one attached hydrogen (secondary N) is 1. The molecule has 6 heteroatoms. The molecule has 0 saturated carbocycles. The summed E-state index contributed by atoms with van der Waals surface area (Å²) >= 11 is 0. The molecule has 1 aromatic carbocycles. The summed E-state index contributed by atoms with van der Waals surface area (Å²) in [5.74, 6) is -0.0259. The van der Waals surface area contributed by atoms with Gasteiger partial charge in [-0.3, -0.25) is 4.79 Å². The Morgan fingerprint density at radius 3 is 2.35 bits per heavy atom. The van der Waals surface area contributed by atoms with Gasteiger partial charge in [-0.05, 0) is 30.0 Å². The Hall–Kier alpha value is -2.50. The van der Waals surface area contributed by atoms with Crippen LogP contribution in [0, 0.1) is 0 Å². The van der Waals surface area contributed by atoms with Crippen LogP contribution in [0.5, 0.6) is 0 Å². The largest absolute Gasteiger partial charge is 0.450 e. The van der Waals surface area contributed by atoms with Crippen LogP contribution in [0.15, 0.2) is 24.3 Å². The van der Waals surface area contributed by atoms with E-state index in [4.69, 9.17) is 4.74 Å². The Bertz CT molecular complexity index is 811. The van der Waals surface area contributed by atoms with Crippen LogP contribution in [0.3, 0.4) is 0 Å². The van der Waals surface area contributed by atoms with Gasteiger partial charge in [0.05, 0.1) is 6.61 Å². The summed E-state index contributed by atoms with van der Waals surface area (Å²) in [6, 6.07) is 8.19. The van der Waals surface area contributed by atoms with Gasteiger partial charge in [0.1, 0.15) is 5.69 Å². The first kappa shape index (κ1) is 18.3. The third-order valence-corrected chi connectivity index (χ3v) is 4.81. The van der Waals surface area contributed by atoms with Crippen LogP contribution in [-0.2, 0) is 10.2 Å². The van der Waals surface area contributed by atoms with Gasteiger partial charge in [0, 0.05) is 37.1 Å². The zero-order valence-corrected chi connectivity index (χ0v) is 16.0. The molecule has 0 radical (unpaired) electrons. The molecule has 2 amide bonds. The number of hydrogen-bond donors (Lipinski definition) is 1. The standard InChI is InChI=1S/C20H27N3O3/c1-5-26-19(25)23-10-8-22(9-11-23)18(24)17-12-14-6-7-15(20(2,3)4)13-16(14)21-17/h6-7,12-13,21H,5,8-11H2,1-4H3. The minimum atomic E-state index is -0.306. The van der Waals surface area contributed by atoms with Gasteiger partial charge in [-0.25, -0.2) is 4.79 Å². The molecule has 1 fully saturated rings. The normalized spacial score (nSPS) is 15.4. The Labute approximate surface area is 154 Å². The van der Waals surface area contributed by atoms with Gasteiger partial charge in [-0.1, -0.05) is 32.9 Å². The van der Waals surface area contributed by atoms with Gasteiger partial charge in [0.2, 0.25) is 0 Å². The second-order valence-corrected chi connectivity index (χ2v) is 7.71. The first-order valence-corrected chi connectivity index (χ1v) is 9.14. The number of carbonyl (C=O) groups excluding carboxylic acids is 2. The van der Waals surface area contributed by atoms with Gasteiger partial charge >= 0.3 is 6.09 Å². The second kappa shape index (κ2) is 7.02. The first-order chi connectivity index (χ1) is 12.3. The molecule has 1 aliphatic rings. The van der Waals surface area contributed by atoms with Crippen molar-refractivity contribution in [1.82, 2.24) is 14.8 Å². The molecule has 0 unspecified atom stereocenters. The summed E-state index contributed by atoms with van der Waals surface area (Å²) in [4.78, 5) is 31.3. The van der Waals surface area contributed by atoms with Gasteiger partial charge in [-0.15, -0.1) is 0 Å². The highest BCUT2D eigenvalue weighted by Gasteiger charge is 2.26. The van der Waals surface area contributed by atoms with Crippen molar-refractivity contribution < 1.29 is 14.3 Å². The second-order valence-electron chi connectivity index (χ2n) is 7.71. The Morgan fingerprint density at radius 2 is 1.73 bits per heavy atom. The molecule has 26 heavy (non-hydrogen) atoms. The van der Waals surface area contributed by atoms with Crippen LogP contribution >= 0.6 is 0 Å². The number of hydrogen-bond acceptors (Lipinski definition) is 3. The molecular weight excluding hydrogens is 330 g/mol. The number of ether oxygens (including phenoxy) is 1. The molecule has 1 N–H and O–H groups in total. The van der Waals surface area contributed by atoms with Crippen molar-refractivity contribution in [3.63, 3.8) is 0 Å². The number of carbonyl (C=O) groups is 2. The van der Waals surface area contributed by atoms with E-state index >= 15 is 0 Å². The molecule has 0 bridgehead atoms. The maximum atomic E-state index is 12.8. The lowest BCUT2D eigenvalue weighted by Crippen LogP contribution is -2.50. The number of nitrogens with zero attached hydrogens (tertiary/aromatic N) is 2. The highest BCUT2D eigenvalue weighted by molar-refractivity contribution is 5.98. The summed E-state index contributed by atoms with van der Waals surface area (Å²) in [6.45, 7) is 10.7. The summed E-state index contributed by atoms with van der Waals surface area (Å²) in [6.07, 6.45) is -0.306. The lowest BCUT2D eigenvalue weighted by atomic mass is 9.87. The van der Waals surface area contributed by atoms with Gasteiger partial charge in [-0.2, -0.15) is 0 Å². The van der Waals surface area contributed by atoms with Crippen LogP contribution in [0.2, 0.25) is 0 Å². The molecule has 0 spiro atoms. The fourth-order valence-electron chi connectivity index (χ4n) is 3.19. The SMILES string of the molecule is CCOC(=O)N1CCN(C(=O)c2cc3ccc(C(C)(C)C)cc3[nH]2)CC1. The van der Waals surface area contributed by atoms with E-state index in [9.17, 15) is 9.59 Å². The predicted octanol–water partition coefficient (Wildman–Crippen LogP) is 3.38. The highest BCUT2D eigenvalue weighted by Crippen LogP contribution is 2.26. The smallest absolute Gasteiger partial charge is 0.409 e. The third kappa shape index (κ3) is 3.69. The van der Waals surface area contributed by atoms with E-state index < -0.39 is 0 Å².